The van der Waals surface area contributed by atoms with E-state index in [0.29, 0.717) is 12.5 Å². The predicted molar refractivity (Wildman–Crippen MR) is 88.1 cm³/mol. The summed E-state index contributed by atoms with van der Waals surface area (Å²) in [5.74, 6) is 0.309. The van der Waals surface area contributed by atoms with Crippen molar-refractivity contribution in [3.05, 3.63) is 0 Å². The Morgan fingerprint density at radius 1 is 0.909 bits per heavy atom. The fourth-order valence-electron chi connectivity index (χ4n) is 3.21. The number of hydrogen-bond acceptors (Lipinski definition) is 5. The van der Waals surface area contributed by atoms with Crippen molar-refractivity contribution < 1.29 is 9.53 Å². The molecule has 0 unspecified atom stereocenters. The molecule has 2 aliphatic heterocycles. The minimum absolute atomic E-state index is 0.309. The molecule has 6 nitrogen and oxygen atoms in total. The van der Waals surface area contributed by atoms with Crippen molar-refractivity contribution in [1.29, 1.82) is 0 Å². The van der Waals surface area contributed by atoms with Crippen LogP contribution >= 0.6 is 0 Å². The lowest BCUT2D eigenvalue weighted by molar-refractivity contribution is -0.134. The third kappa shape index (κ3) is 5.50. The standard InChI is InChI=1S/C16H32N4O2/c1-3-17-10-12-20(13-11-17)16(21)15-19-8-6-18(7-9-19)5-4-14-22-2/h3-15H2,1-2H3. The molecule has 0 saturated carbocycles. The summed E-state index contributed by atoms with van der Waals surface area (Å²) in [6.45, 7) is 13.8. The highest BCUT2D eigenvalue weighted by atomic mass is 16.5. The maximum atomic E-state index is 12.4. The zero-order valence-corrected chi connectivity index (χ0v) is 14.3. The van der Waals surface area contributed by atoms with E-state index in [2.05, 4.69) is 21.6 Å². The normalized spacial score (nSPS) is 22.2. The van der Waals surface area contributed by atoms with Crippen LogP contribution in [-0.4, -0.2) is 111 Å². The van der Waals surface area contributed by atoms with Gasteiger partial charge in [0.05, 0.1) is 6.54 Å². The molecular formula is C16H32N4O2. The summed E-state index contributed by atoms with van der Waals surface area (Å²) in [5.41, 5.74) is 0. The summed E-state index contributed by atoms with van der Waals surface area (Å²) in [6.07, 6.45) is 1.09. The van der Waals surface area contributed by atoms with Crippen LogP contribution in [0.3, 0.4) is 0 Å². The number of rotatable bonds is 7. The van der Waals surface area contributed by atoms with Crippen LogP contribution < -0.4 is 0 Å². The molecule has 0 bridgehead atoms. The van der Waals surface area contributed by atoms with Crippen LogP contribution in [-0.2, 0) is 9.53 Å². The molecule has 0 N–H and O–H groups in total. The average Bonchev–Trinajstić information content (AvgIpc) is 2.57. The van der Waals surface area contributed by atoms with Crippen LogP contribution in [0.1, 0.15) is 13.3 Å². The molecule has 0 aliphatic carbocycles. The average molecular weight is 312 g/mol. The minimum atomic E-state index is 0.309. The molecule has 0 spiro atoms. The number of amides is 1. The van der Waals surface area contributed by atoms with Crippen LogP contribution in [0, 0.1) is 0 Å². The van der Waals surface area contributed by atoms with E-state index in [1.807, 2.05) is 4.90 Å². The second-order valence-electron chi connectivity index (χ2n) is 6.28. The van der Waals surface area contributed by atoms with Crippen LogP contribution in [0.25, 0.3) is 0 Å². The van der Waals surface area contributed by atoms with Gasteiger partial charge in [-0.2, -0.15) is 0 Å². The van der Waals surface area contributed by atoms with Gasteiger partial charge in [0.15, 0.2) is 0 Å². The first-order valence-corrected chi connectivity index (χ1v) is 8.66. The fraction of sp³-hybridized carbons (Fsp3) is 0.938. The lowest BCUT2D eigenvalue weighted by Gasteiger charge is -2.37. The number of carbonyl (C=O) groups excluding carboxylic acids is 1. The predicted octanol–water partition coefficient (Wildman–Crippen LogP) is -0.195. The quantitative estimate of drug-likeness (QED) is 0.609. The Hall–Kier alpha value is -0.690. The molecule has 2 saturated heterocycles. The highest BCUT2D eigenvalue weighted by Gasteiger charge is 2.24. The second-order valence-corrected chi connectivity index (χ2v) is 6.28. The summed E-state index contributed by atoms with van der Waals surface area (Å²) in [7, 11) is 1.75. The van der Waals surface area contributed by atoms with Crippen LogP contribution in [0.5, 0.6) is 0 Å². The smallest absolute Gasteiger partial charge is 0.236 e. The van der Waals surface area contributed by atoms with Crippen molar-refractivity contribution in [2.45, 2.75) is 13.3 Å². The van der Waals surface area contributed by atoms with E-state index >= 15 is 0 Å². The van der Waals surface area contributed by atoms with Gasteiger partial charge < -0.3 is 19.4 Å². The maximum absolute atomic E-state index is 12.4. The Bertz CT molecular complexity index is 324. The van der Waals surface area contributed by atoms with Gasteiger partial charge in [-0.25, -0.2) is 0 Å². The molecule has 22 heavy (non-hydrogen) atoms. The lowest BCUT2D eigenvalue weighted by atomic mass is 10.2. The number of piperazine rings is 2. The fourth-order valence-corrected chi connectivity index (χ4v) is 3.21. The summed E-state index contributed by atoms with van der Waals surface area (Å²) in [6, 6.07) is 0. The molecule has 2 aliphatic rings. The third-order valence-corrected chi connectivity index (χ3v) is 4.82. The van der Waals surface area contributed by atoms with E-state index in [9.17, 15) is 4.79 Å². The van der Waals surface area contributed by atoms with E-state index in [1.54, 1.807) is 7.11 Å². The Labute approximate surface area is 135 Å². The second kappa shape index (κ2) is 9.45. The topological polar surface area (TPSA) is 39.3 Å². The SMILES string of the molecule is CCN1CCN(C(=O)CN2CCN(CCCOC)CC2)CC1. The van der Waals surface area contributed by atoms with Crippen molar-refractivity contribution >= 4 is 5.91 Å². The molecule has 0 atom stereocenters. The summed E-state index contributed by atoms with van der Waals surface area (Å²) < 4.78 is 5.10. The zero-order valence-electron chi connectivity index (χ0n) is 14.3. The van der Waals surface area contributed by atoms with Crippen molar-refractivity contribution in [3.63, 3.8) is 0 Å². The van der Waals surface area contributed by atoms with E-state index in [4.69, 9.17) is 4.74 Å². The Morgan fingerprint density at radius 2 is 1.50 bits per heavy atom. The number of methoxy groups -OCH3 is 1. The first-order valence-electron chi connectivity index (χ1n) is 8.66. The molecule has 1 amide bonds. The zero-order chi connectivity index (χ0) is 15.8. The van der Waals surface area contributed by atoms with Gasteiger partial charge in [-0.05, 0) is 13.0 Å². The van der Waals surface area contributed by atoms with Gasteiger partial charge in [-0.3, -0.25) is 9.69 Å². The highest BCUT2D eigenvalue weighted by Crippen LogP contribution is 2.06. The van der Waals surface area contributed by atoms with Crippen LogP contribution in [0.4, 0.5) is 0 Å². The molecule has 2 rings (SSSR count). The molecule has 0 aromatic rings. The first kappa shape index (κ1) is 17.7. The van der Waals surface area contributed by atoms with Gasteiger partial charge >= 0.3 is 0 Å². The third-order valence-electron chi connectivity index (χ3n) is 4.82. The Balaban J connectivity index is 1.62. The van der Waals surface area contributed by atoms with Crippen molar-refractivity contribution in [2.75, 3.05) is 85.7 Å². The number of likely N-dealkylation sites (N-methyl/N-ethyl adjacent to an activating group) is 1. The van der Waals surface area contributed by atoms with Crippen molar-refractivity contribution in [3.8, 4) is 0 Å². The molecule has 0 aromatic carbocycles. The van der Waals surface area contributed by atoms with Crippen molar-refractivity contribution in [1.82, 2.24) is 19.6 Å². The first-order chi connectivity index (χ1) is 10.7. The van der Waals surface area contributed by atoms with Gasteiger partial charge in [0.1, 0.15) is 0 Å². The van der Waals surface area contributed by atoms with Gasteiger partial charge in [0.25, 0.3) is 0 Å². The van der Waals surface area contributed by atoms with E-state index in [0.717, 1.165) is 78.5 Å². The van der Waals surface area contributed by atoms with E-state index in [-0.39, 0.29) is 0 Å². The van der Waals surface area contributed by atoms with Gasteiger partial charge in [0, 0.05) is 72.6 Å². The summed E-state index contributed by atoms with van der Waals surface area (Å²) >= 11 is 0. The lowest BCUT2D eigenvalue weighted by Crippen LogP contribution is -2.53. The minimum Gasteiger partial charge on any atom is -0.385 e. The molecule has 2 fully saturated rings. The summed E-state index contributed by atoms with van der Waals surface area (Å²) in [5, 5.41) is 0. The van der Waals surface area contributed by atoms with Crippen LogP contribution in [0.2, 0.25) is 0 Å². The van der Waals surface area contributed by atoms with E-state index < -0.39 is 0 Å². The van der Waals surface area contributed by atoms with E-state index in [1.165, 1.54) is 0 Å². The molecule has 6 heteroatoms. The number of hydrogen-bond donors (Lipinski definition) is 0. The molecular weight excluding hydrogens is 280 g/mol. The molecule has 128 valence electrons. The van der Waals surface area contributed by atoms with Crippen LogP contribution in [0.15, 0.2) is 0 Å². The number of nitrogens with zero attached hydrogens (tertiary/aromatic N) is 4. The van der Waals surface area contributed by atoms with Gasteiger partial charge in [-0.1, -0.05) is 6.92 Å². The highest BCUT2D eigenvalue weighted by molar-refractivity contribution is 5.78. The maximum Gasteiger partial charge on any atom is 0.236 e. The monoisotopic (exact) mass is 312 g/mol. The van der Waals surface area contributed by atoms with Crippen molar-refractivity contribution in [2.24, 2.45) is 0 Å². The largest absolute Gasteiger partial charge is 0.385 e. The molecule has 0 radical (unpaired) electrons. The van der Waals surface area contributed by atoms with Gasteiger partial charge in [0.2, 0.25) is 5.91 Å². The molecule has 2 heterocycles. The number of carbonyl (C=O) groups is 1. The van der Waals surface area contributed by atoms with Gasteiger partial charge in [-0.15, -0.1) is 0 Å². The summed E-state index contributed by atoms with van der Waals surface area (Å²) in [4.78, 5) is 21.6. The Morgan fingerprint density at radius 3 is 2.09 bits per heavy atom. The number of ether oxygens (including phenoxy) is 1. The molecule has 0 aromatic heterocycles. The Kier molecular flexibility index (Phi) is 7.59.